The molecule has 1 aliphatic rings. The first-order valence-electron chi connectivity index (χ1n) is 11.3. The van der Waals surface area contributed by atoms with Gasteiger partial charge in [-0.2, -0.15) is 0 Å². The van der Waals surface area contributed by atoms with Crippen LogP contribution in [0.4, 0.5) is 0 Å². The Bertz CT molecular complexity index is 373. The van der Waals surface area contributed by atoms with Gasteiger partial charge in [-0.3, -0.25) is 4.79 Å². The zero-order valence-corrected chi connectivity index (χ0v) is 18.2. The van der Waals surface area contributed by atoms with Crippen molar-refractivity contribution >= 4 is 5.78 Å². The third-order valence-corrected chi connectivity index (χ3v) is 5.31. The van der Waals surface area contributed by atoms with Gasteiger partial charge in [-0.1, -0.05) is 0 Å². The molecule has 0 radical (unpaired) electrons. The van der Waals surface area contributed by atoms with E-state index in [0.29, 0.717) is 52.5 Å². The number of carbonyl (C=O) groups is 1. The van der Waals surface area contributed by atoms with Crippen LogP contribution in [0.3, 0.4) is 0 Å². The molecule has 0 unspecified atom stereocenters. The zero-order chi connectivity index (χ0) is 21.2. The summed E-state index contributed by atoms with van der Waals surface area (Å²) in [6, 6.07) is 0. The maximum Gasteiger partial charge on any atom is 0.168 e. The maximum atomic E-state index is 11.7. The highest BCUT2D eigenvalue weighted by atomic mass is 16.7. The largest absolute Gasteiger partial charge is 0.396 e. The van der Waals surface area contributed by atoms with Gasteiger partial charge in [0.1, 0.15) is 5.78 Å². The minimum Gasteiger partial charge on any atom is -0.396 e. The minimum absolute atomic E-state index is 0.134. The molecule has 0 aromatic rings. The molecule has 29 heavy (non-hydrogen) atoms. The van der Waals surface area contributed by atoms with Gasteiger partial charge in [-0.25, -0.2) is 0 Å². The molecule has 1 aliphatic carbocycles. The standard InChI is InChI=1S/C22H42O7/c1-20(25)21-8-10-22(11-9-21,28-18-4-2-14-26-16-6-12-23)29-19-5-3-15-27-17-7-13-24/h21,23-24H,2-19H2,1H3. The predicted octanol–water partition coefficient (Wildman–Crippen LogP) is 2.85. The topological polar surface area (TPSA) is 94.5 Å². The SMILES string of the molecule is CC(=O)C1CCC(OCCCCOCCCO)(OCCCCOCCCO)CC1. The molecule has 0 atom stereocenters. The Morgan fingerprint density at radius 2 is 1.17 bits per heavy atom. The summed E-state index contributed by atoms with van der Waals surface area (Å²) >= 11 is 0. The van der Waals surface area contributed by atoms with Crippen LogP contribution in [0.2, 0.25) is 0 Å². The summed E-state index contributed by atoms with van der Waals surface area (Å²) in [5.41, 5.74) is 0. The van der Waals surface area contributed by atoms with Crippen molar-refractivity contribution in [3.05, 3.63) is 0 Å². The monoisotopic (exact) mass is 418 g/mol. The van der Waals surface area contributed by atoms with E-state index in [9.17, 15) is 4.79 Å². The number of Topliss-reactive ketones (excluding diaryl/α,β-unsaturated/α-hetero) is 1. The summed E-state index contributed by atoms with van der Waals surface area (Å²) in [6.45, 7) is 5.81. The van der Waals surface area contributed by atoms with E-state index in [4.69, 9.17) is 29.2 Å². The van der Waals surface area contributed by atoms with Gasteiger partial charge in [0.05, 0.1) is 13.2 Å². The van der Waals surface area contributed by atoms with Crippen LogP contribution in [0.25, 0.3) is 0 Å². The van der Waals surface area contributed by atoms with Gasteiger partial charge >= 0.3 is 0 Å². The van der Waals surface area contributed by atoms with Crippen molar-refractivity contribution in [1.82, 2.24) is 0 Å². The summed E-state index contributed by atoms with van der Waals surface area (Å²) in [6.07, 6.45) is 8.17. The third kappa shape index (κ3) is 12.7. The molecule has 0 aromatic carbocycles. The molecule has 0 heterocycles. The van der Waals surface area contributed by atoms with Crippen LogP contribution in [0.1, 0.15) is 71.1 Å². The number of rotatable bonds is 19. The van der Waals surface area contributed by atoms with Crippen LogP contribution in [0.15, 0.2) is 0 Å². The van der Waals surface area contributed by atoms with Gasteiger partial charge in [0.2, 0.25) is 0 Å². The van der Waals surface area contributed by atoms with Crippen LogP contribution in [0, 0.1) is 5.92 Å². The van der Waals surface area contributed by atoms with Crippen LogP contribution >= 0.6 is 0 Å². The molecule has 0 aliphatic heterocycles. The predicted molar refractivity (Wildman–Crippen MR) is 111 cm³/mol. The van der Waals surface area contributed by atoms with Gasteiger partial charge in [-0.05, 0) is 58.3 Å². The average molecular weight is 419 g/mol. The Hall–Kier alpha value is -0.570. The lowest BCUT2D eigenvalue weighted by Gasteiger charge is -2.39. The minimum atomic E-state index is -0.568. The smallest absolute Gasteiger partial charge is 0.168 e. The number of ether oxygens (including phenoxy) is 4. The van der Waals surface area contributed by atoms with E-state index >= 15 is 0 Å². The first-order chi connectivity index (χ1) is 14.1. The van der Waals surface area contributed by atoms with Crippen LogP contribution in [-0.2, 0) is 23.7 Å². The van der Waals surface area contributed by atoms with Gasteiger partial charge in [0.25, 0.3) is 0 Å². The van der Waals surface area contributed by atoms with Gasteiger partial charge < -0.3 is 29.2 Å². The Morgan fingerprint density at radius 1 is 0.759 bits per heavy atom. The fraction of sp³-hybridized carbons (Fsp3) is 0.955. The highest BCUT2D eigenvalue weighted by Gasteiger charge is 2.38. The summed E-state index contributed by atoms with van der Waals surface area (Å²) in [7, 11) is 0. The number of aliphatic hydroxyl groups is 2. The molecule has 0 aromatic heterocycles. The number of unbranched alkanes of at least 4 members (excludes halogenated alkanes) is 2. The lowest BCUT2D eigenvalue weighted by molar-refractivity contribution is -0.256. The van der Waals surface area contributed by atoms with E-state index in [1.54, 1.807) is 6.92 Å². The molecule has 1 saturated carbocycles. The fourth-order valence-electron chi connectivity index (χ4n) is 3.46. The number of hydrogen-bond acceptors (Lipinski definition) is 7. The van der Waals surface area contributed by atoms with Gasteiger partial charge in [-0.15, -0.1) is 0 Å². The second-order valence-electron chi connectivity index (χ2n) is 7.79. The molecule has 7 nitrogen and oxygen atoms in total. The summed E-state index contributed by atoms with van der Waals surface area (Å²) < 4.78 is 23.3. The summed E-state index contributed by atoms with van der Waals surface area (Å²) in [5.74, 6) is -0.171. The van der Waals surface area contributed by atoms with E-state index in [-0.39, 0.29) is 24.9 Å². The first-order valence-corrected chi connectivity index (χ1v) is 11.3. The van der Waals surface area contributed by atoms with E-state index < -0.39 is 5.79 Å². The van der Waals surface area contributed by atoms with Crippen molar-refractivity contribution in [2.45, 2.75) is 76.9 Å². The fourth-order valence-corrected chi connectivity index (χ4v) is 3.46. The summed E-state index contributed by atoms with van der Waals surface area (Å²) in [4.78, 5) is 11.7. The third-order valence-electron chi connectivity index (χ3n) is 5.31. The van der Waals surface area contributed by atoms with Gasteiger partial charge in [0, 0.05) is 58.4 Å². The lowest BCUT2D eigenvalue weighted by atomic mass is 9.83. The molecule has 0 bridgehead atoms. The van der Waals surface area contributed by atoms with E-state index in [1.807, 2.05) is 0 Å². The molecule has 0 spiro atoms. The first kappa shape index (κ1) is 26.5. The molecule has 172 valence electrons. The van der Waals surface area contributed by atoms with Crippen molar-refractivity contribution < 1.29 is 34.0 Å². The van der Waals surface area contributed by atoms with Crippen molar-refractivity contribution in [2.75, 3.05) is 52.9 Å². The molecule has 7 heteroatoms. The lowest BCUT2D eigenvalue weighted by Crippen LogP contribution is -2.41. The van der Waals surface area contributed by atoms with E-state index in [1.165, 1.54) is 0 Å². The van der Waals surface area contributed by atoms with Crippen molar-refractivity contribution in [1.29, 1.82) is 0 Å². The maximum absolute atomic E-state index is 11.7. The molecular weight excluding hydrogens is 376 g/mol. The number of hydrogen-bond donors (Lipinski definition) is 2. The quantitative estimate of drug-likeness (QED) is 0.246. The number of carbonyl (C=O) groups excluding carboxylic acids is 1. The van der Waals surface area contributed by atoms with Crippen LogP contribution in [0.5, 0.6) is 0 Å². The Morgan fingerprint density at radius 3 is 1.59 bits per heavy atom. The summed E-state index contributed by atoms with van der Waals surface area (Å²) in [5, 5.41) is 17.5. The zero-order valence-electron chi connectivity index (χ0n) is 18.2. The van der Waals surface area contributed by atoms with Crippen molar-refractivity contribution in [2.24, 2.45) is 5.92 Å². The van der Waals surface area contributed by atoms with Gasteiger partial charge in [0.15, 0.2) is 5.79 Å². The molecule has 0 saturated heterocycles. The highest BCUT2D eigenvalue weighted by Crippen LogP contribution is 2.36. The van der Waals surface area contributed by atoms with E-state index in [0.717, 1.165) is 51.4 Å². The Balaban J connectivity index is 2.27. The Labute approximate surface area is 176 Å². The van der Waals surface area contributed by atoms with Crippen LogP contribution < -0.4 is 0 Å². The highest BCUT2D eigenvalue weighted by molar-refractivity contribution is 5.78. The number of aliphatic hydroxyl groups excluding tert-OH is 2. The molecular formula is C22H42O7. The van der Waals surface area contributed by atoms with Crippen LogP contribution in [-0.4, -0.2) is 74.6 Å². The van der Waals surface area contributed by atoms with E-state index in [2.05, 4.69) is 0 Å². The molecule has 1 rings (SSSR count). The number of ketones is 1. The van der Waals surface area contributed by atoms with Crippen molar-refractivity contribution in [3.8, 4) is 0 Å². The normalized spacial score (nSPS) is 16.9. The van der Waals surface area contributed by atoms with Crippen molar-refractivity contribution in [3.63, 3.8) is 0 Å². The average Bonchev–Trinajstić information content (AvgIpc) is 2.72. The molecule has 0 amide bonds. The second-order valence-corrected chi connectivity index (χ2v) is 7.79. The second kappa shape index (κ2) is 17.1. The molecule has 1 fully saturated rings. The Kier molecular flexibility index (Phi) is 15.6. The molecule has 2 N–H and O–H groups in total.